The SMILES string of the molecule is O=C(CCNc1nc2ccc([N+](=O)[O-])cc2s1)Nc1ccc(Br)cc1. The fourth-order valence-electron chi connectivity index (χ4n) is 2.14. The van der Waals surface area contributed by atoms with Crippen LogP contribution in [0.15, 0.2) is 46.9 Å². The van der Waals surface area contributed by atoms with Crippen molar-refractivity contribution in [1.82, 2.24) is 4.98 Å². The summed E-state index contributed by atoms with van der Waals surface area (Å²) in [5.41, 5.74) is 1.47. The molecular weight excluding hydrogens is 408 g/mol. The van der Waals surface area contributed by atoms with Gasteiger partial charge in [0.25, 0.3) is 5.69 Å². The summed E-state index contributed by atoms with van der Waals surface area (Å²) in [6.45, 7) is 0.421. The maximum atomic E-state index is 11.9. The normalized spacial score (nSPS) is 10.6. The molecule has 9 heteroatoms. The third kappa shape index (κ3) is 4.52. The number of thiazole rings is 1. The van der Waals surface area contributed by atoms with Crippen molar-refractivity contribution in [3.05, 3.63) is 57.1 Å². The minimum absolute atomic E-state index is 0.0385. The zero-order chi connectivity index (χ0) is 17.8. The van der Waals surface area contributed by atoms with Crippen LogP contribution in [0, 0.1) is 10.1 Å². The average Bonchev–Trinajstić information content (AvgIpc) is 2.98. The van der Waals surface area contributed by atoms with E-state index in [0.29, 0.717) is 17.2 Å². The Bertz CT molecular complexity index is 927. The zero-order valence-corrected chi connectivity index (χ0v) is 15.3. The Kier molecular flexibility index (Phi) is 5.25. The Balaban J connectivity index is 1.54. The number of nitro benzene ring substituents is 1. The Morgan fingerprint density at radius 3 is 2.72 bits per heavy atom. The van der Waals surface area contributed by atoms with E-state index in [1.165, 1.54) is 23.5 Å². The summed E-state index contributed by atoms with van der Waals surface area (Å²) in [6.07, 6.45) is 0.284. The van der Waals surface area contributed by atoms with Crippen LogP contribution in [-0.2, 0) is 4.79 Å². The molecule has 2 N–H and O–H groups in total. The molecule has 0 fully saturated rings. The van der Waals surface area contributed by atoms with Gasteiger partial charge in [-0.2, -0.15) is 0 Å². The standard InChI is InChI=1S/C16H13BrN4O3S/c17-10-1-3-11(4-2-10)19-15(22)7-8-18-16-20-13-6-5-12(21(23)24)9-14(13)25-16/h1-6,9H,7-8H2,(H,18,20)(H,19,22). The Hall–Kier alpha value is -2.52. The van der Waals surface area contributed by atoms with Gasteiger partial charge in [0.15, 0.2) is 5.13 Å². The molecule has 0 spiro atoms. The van der Waals surface area contributed by atoms with Crippen LogP contribution in [-0.4, -0.2) is 22.4 Å². The van der Waals surface area contributed by atoms with Crippen molar-refractivity contribution in [3.8, 4) is 0 Å². The lowest BCUT2D eigenvalue weighted by molar-refractivity contribution is -0.384. The number of hydrogen-bond donors (Lipinski definition) is 2. The van der Waals surface area contributed by atoms with Crippen LogP contribution in [0.25, 0.3) is 10.2 Å². The van der Waals surface area contributed by atoms with Crippen LogP contribution < -0.4 is 10.6 Å². The van der Waals surface area contributed by atoms with Crippen molar-refractivity contribution in [1.29, 1.82) is 0 Å². The average molecular weight is 421 g/mol. The van der Waals surface area contributed by atoms with E-state index in [2.05, 4.69) is 31.5 Å². The maximum absolute atomic E-state index is 11.9. The molecule has 128 valence electrons. The molecule has 0 aliphatic carbocycles. The molecule has 0 radical (unpaired) electrons. The molecule has 0 bridgehead atoms. The Labute approximate surface area is 155 Å². The number of rotatable bonds is 6. The van der Waals surface area contributed by atoms with E-state index in [-0.39, 0.29) is 18.0 Å². The monoisotopic (exact) mass is 420 g/mol. The van der Waals surface area contributed by atoms with Crippen molar-refractivity contribution in [2.24, 2.45) is 0 Å². The lowest BCUT2D eigenvalue weighted by Gasteiger charge is -2.05. The maximum Gasteiger partial charge on any atom is 0.270 e. The van der Waals surface area contributed by atoms with Gasteiger partial charge in [-0.1, -0.05) is 27.3 Å². The van der Waals surface area contributed by atoms with Gasteiger partial charge in [-0.25, -0.2) is 4.98 Å². The van der Waals surface area contributed by atoms with Crippen molar-refractivity contribution in [3.63, 3.8) is 0 Å². The molecule has 0 saturated carbocycles. The van der Waals surface area contributed by atoms with Gasteiger partial charge in [0, 0.05) is 35.3 Å². The molecule has 25 heavy (non-hydrogen) atoms. The molecule has 7 nitrogen and oxygen atoms in total. The summed E-state index contributed by atoms with van der Waals surface area (Å²) in [6, 6.07) is 11.9. The van der Waals surface area contributed by atoms with Crippen molar-refractivity contribution < 1.29 is 9.72 Å². The van der Waals surface area contributed by atoms with Gasteiger partial charge in [-0.15, -0.1) is 0 Å². The van der Waals surface area contributed by atoms with Crippen molar-refractivity contribution >= 4 is 59.9 Å². The molecule has 0 atom stereocenters. The Morgan fingerprint density at radius 2 is 2.00 bits per heavy atom. The quantitative estimate of drug-likeness (QED) is 0.454. The van der Waals surface area contributed by atoms with Crippen molar-refractivity contribution in [2.75, 3.05) is 17.2 Å². The molecule has 1 heterocycles. The summed E-state index contributed by atoms with van der Waals surface area (Å²) in [4.78, 5) is 26.6. The number of non-ortho nitro benzene ring substituents is 1. The number of aromatic nitrogens is 1. The van der Waals surface area contributed by atoms with E-state index in [0.717, 1.165) is 14.9 Å². The van der Waals surface area contributed by atoms with Crippen LogP contribution in [0.1, 0.15) is 6.42 Å². The van der Waals surface area contributed by atoms with Gasteiger partial charge in [0.05, 0.1) is 15.1 Å². The first-order valence-corrected chi connectivity index (χ1v) is 8.96. The second kappa shape index (κ2) is 7.58. The molecule has 1 aromatic heterocycles. The van der Waals surface area contributed by atoms with Crippen LogP contribution in [0.5, 0.6) is 0 Å². The number of carbonyl (C=O) groups is 1. The minimum Gasteiger partial charge on any atom is -0.361 e. The molecule has 0 aliphatic rings. The highest BCUT2D eigenvalue weighted by molar-refractivity contribution is 9.10. The topological polar surface area (TPSA) is 97.2 Å². The second-order valence-electron chi connectivity index (χ2n) is 5.16. The van der Waals surface area contributed by atoms with E-state index in [1.54, 1.807) is 6.07 Å². The largest absolute Gasteiger partial charge is 0.361 e. The van der Waals surface area contributed by atoms with Gasteiger partial charge in [0.1, 0.15) is 0 Å². The summed E-state index contributed by atoms with van der Waals surface area (Å²) < 4.78 is 1.68. The lowest BCUT2D eigenvalue weighted by Crippen LogP contribution is -2.16. The number of nitrogens with one attached hydrogen (secondary N) is 2. The number of nitrogens with zero attached hydrogens (tertiary/aromatic N) is 2. The fourth-order valence-corrected chi connectivity index (χ4v) is 3.33. The van der Waals surface area contributed by atoms with E-state index < -0.39 is 4.92 Å². The summed E-state index contributed by atoms with van der Waals surface area (Å²) in [7, 11) is 0. The first-order chi connectivity index (χ1) is 12.0. The van der Waals surface area contributed by atoms with Crippen LogP contribution in [0.2, 0.25) is 0 Å². The van der Waals surface area contributed by atoms with E-state index >= 15 is 0 Å². The molecule has 3 aromatic rings. The van der Waals surface area contributed by atoms with Crippen molar-refractivity contribution in [2.45, 2.75) is 6.42 Å². The number of amides is 1. The number of carbonyl (C=O) groups excluding carboxylic acids is 1. The number of fused-ring (bicyclic) bond motifs is 1. The molecule has 1 amide bonds. The van der Waals surface area contributed by atoms with E-state index in [1.807, 2.05) is 24.3 Å². The zero-order valence-electron chi connectivity index (χ0n) is 12.9. The third-order valence-electron chi connectivity index (χ3n) is 3.34. The minimum atomic E-state index is -0.432. The summed E-state index contributed by atoms with van der Waals surface area (Å²) in [5, 5.41) is 17.3. The second-order valence-corrected chi connectivity index (χ2v) is 7.11. The molecule has 2 aromatic carbocycles. The molecular formula is C16H13BrN4O3S. The third-order valence-corrected chi connectivity index (χ3v) is 4.84. The van der Waals surface area contributed by atoms with Gasteiger partial charge >= 0.3 is 0 Å². The molecule has 3 rings (SSSR count). The first kappa shape index (κ1) is 17.3. The molecule has 0 saturated heterocycles. The van der Waals surface area contributed by atoms with Gasteiger partial charge in [-0.3, -0.25) is 14.9 Å². The number of hydrogen-bond acceptors (Lipinski definition) is 6. The first-order valence-electron chi connectivity index (χ1n) is 7.35. The van der Waals surface area contributed by atoms with E-state index in [4.69, 9.17) is 0 Å². The predicted molar refractivity (Wildman–Crippen MR) is 102 cm³/mol. The highest BCUT2D eigenvalue weighted by atomic mass is 79.9. The number of anilines is 2. The molecule has 0 unspecified atom stereocenters. The highest BCUT2D eigenvalue weighted by Crippen LogP contribution is 2.29. The highest BCUT2D eigenvalue weighted by Gasteiger charge is 2.10. The van der Waals surface area contributed by atoms with Crippen LogP contribution in [0.4, 0.5) is 16.5 Å². The summed E-state index contributed by atoms with van der Waals surface area (Å²) >= 11 is 4.66. The fraction of sp³-hybridized carbons (Fsp3) is 0.125. The van der Waals surface area contributed by atoms with Gasteiger partial charge in [-0.05, 0) is 30.3 Å². The van der Waals surface area contributed by atoms with Gasteiger partial charge < -0.3 is 10.6 Å². The van der Waals surface area contributed by atoms with Crippen LogP contribution in [0.3, 0.4) is 0 Å². The molecule has 0 aliphatic heterocycles. The summed E-state index contributed by atoms with van der Waals surface area (Å²) in [5.74, 6) is -0.105. The van der Waals surface area contributed by atoms with Crippen LogP contribution >= 0.6 is 27.3 Å². The number of nitro groups is 1. The lowest BCUT2D eigenvalue weighted by atomic mass is 10.3. The predicted octanol–water partition coefficient (Wildman–Crippen LogP) is 4.41. The smallest absolute Gasteiger partial charge is 0.270 e. The van der Waals surface area contributed by atoms with E-state index in [9.17, 15) is 14.9 Å². The van der Waals surface area contributed by atoms with Gasteiger partial charge in [0.2, 0.25) is 5.91 Å². The number of benzene rings is 2. The Morgan fingerprint density at radius 1 is 1.24 bits per heavy atom. The number of halogens is 1.